The molecule has 0 aliphatic rings. The Bertz CT molecular complexity index is 288. The Labute approximate surface area is 131 Å². The molecular weight excluding hydrogens is 289 g/mol. The van der Waals surface area contributed by atoms with Crippen molar-refractivity contribution < 1.29 is 0 Å². The van der Waals surface area contributed by atoms with Crippen LogP contribution in [0.4, 0.5) is 0 Å². The number of nitriles is 1. The molecule has 0 aliphatic heterocycles. The van der Waals surface area contributed by atoms with Gasteiger partial charge in [0.1, 0.15) is 0 Å². The summed E-state index contributed by atoms with van der Waals surface area (Å²) in [6, 6.07) is 3.83. The van der Waals surface area contributed by atoms with E-state index in [0.717, 1.165) is 6.16 Å². The Morgan fingerprint density at radius 3 is 1.35 bits per heavy atom. The summed E-state index contributed by atoms with van der Waals surface area (Å²) in [6.45, 7) is 15.3. The van der Waals surface area contributed by atoms with E-state index in [9.17, 15) is 0 Å². The van der Waals surface area contributed by atoms with Crippen LogP contribution in [0.5, 0.6) is 0 Å². The third kappa shape index (κ3) is 4.85. The molecule has 0 aromatic carbocycles. The first-order valence-electron chi connectivity index (χ1n) is 7.72. The first-order chi connectivity index (χ1) is 9.09. The van der Waals surface area contributed by atoms with Gasteiger partial charge in [-0.25, -0.2) is 0 Å². The summed E-state index contributed by atoms with van der Waals surface area (Å²) in [5.41, 5.74) is 0. The standard InChI is InChI=1S/C15H33ClN3P/c1-12(2)18(13(3)4)20(16,11-9-10-17)19(14(5)6)15(7)8/h12-15,20H,9,11H2,1-8H3. The van der Waals surface area contributed by atoms with Crippen molar-refractivity contribution in [2.45, 2.75) is 86.0 Å². The van der Waals surface area contributed by atoms with Crippen molar-refractivity contribution in [1.82, 2.24) is 9.34 Å². The van der Waals surface area contributed by atoms with Crippen LogP contribution in [0.3, 0.4) is 0 Å². The van der Waals surface area contributed by atoms with E-state index in [2.05, 4.69) is 70.8 Å². The van der Waals surface area contributed by atoms with Crippen LogP contribution in [-0.4, -0.2) is 39.7 Å². The van der Waals surface area contributed by atoms with E-state index in [1.54, 1.807) is 0 Å². The maximum absolute atomic E-state index is 9.02. The fourth-order valence-corrected chi connectivity index (χ4v) is 10.4. The van der Waals surface area contributed by atoms with Gasteiger partial charge >= 0.3 is 131 Å². The number of hydrogen-bond donors (Lipinski definition) is 0. The molecular formula is C15H33ClN3P. The number of halogens is 1. The topological polar surface area (TPSA) is 30.3 Å². The van der Waals surface area contributed by atoms with E-state index in [-0.39, 0.29) is 0 Å². The molecule has 0 aromatic heterocycles. The van der Waals surface area contributed by atoms with E-state index in [4.69, 9.17) is 16.5 Å². The van der Waals surface area contributed by atoms with Gasteiger partial charge in [0.15, 0.2) is 0 Å². The van der Waals surface area contributed by atoms with Gasteiger partial charge in [-0.3, -0.25) is 0 Å². The fourth-order valence-electron chi connectivity index (χ4n) is 3.38. The third-order valence-electron chi connectivity index (χ3n) is 3.57. The summed E-state index contributed by atoms with van der Waals surface area (Å²) >= 11 is 7.27. The third-order valence-corrected chi connectivity index (χ3v) is 9.84. The van der Waals surface area contributed by atoms with Crippen LogP contribution < -0.4 is 0 Å². The summed E-state index contributed by atoms with van der Waals surface area (Å²) < 4.78 is 4.93. The van der Waals surface area contributed by atoms with Gasteiger partial charge in [0, 0.05) is 0 Å². The quantitative estimate of drug-likeness (QED) is 0.597. The summed E-state index contributed by atoms with van der Waals surface area (Å²) in [5, 5.41) is 9.02. The molecule has 120 valence electrons. The van der Waals surface area contributed by atoms with Gasteiger partial charge in [0.05, 0.1) is 0 Å². The van der Waals surface area contributed by atoms with E-state index in [1.165, 1.54) is 0 Å². The first kappa shape index (κ1) is 20.1. The molecule has 0 amide bonds. The second kappa shape index (κ2) is 8.54. The van der Waals surface area contributed by atoms with Crippen LogP contribution in [0.2, 0.25) is 0 Å². The number of hydrogen-bond acceptors (Lipinski definition) is 3. The molecule has 0 atom stereocenters. The van der Waals surface area contributed by atoms with Gasteiger partial charge in [-0.1, -0.05) is 0 Å². The normalized spacial score (nSPS) is 14.1. The predicted molar refractivity (Wildman–Crippen MR) is 93.5 cm³/mol. The Balaban J connectivity index is 5.73. The maximum atomic E-state index is 9.02. The average Bonchev–Trinajstić information content (AvgIpc) is 2.23. The van der Waals surface area contributed by atoms with Gasteiger partial charge in [0.25, 0.3) is 0 Å². The fraction of sp³-hybridized carbons (Fsp3) is 0.933. The van der Waals surface area contributed by atoms with Crippen LogP contribution in [0, 0.1) is 11.3 Å². The minimum atomic E-state index is -2.37. The average molecular weight is 322 g/mol. The Morgan fingerprint density at radius 1 is 0.850 bits per heavy atom. The zero-order valence-corrected chi connectivity index (χ0v) is 16.2. The first-order valence-corrected chi connectivity index (χ1v) is 10.8. The zero-order chi connectivity index (χ0) is 16.1. The molecule has 5 heteroatoms. The molecule has 20 heavy (non-hydrogen) atoms. The van der Waals surface area contributed by atoms with Crippen LogP contribution in [0.15, 0.2) is 0 Å². The van der Waals surface area contributed by atoms with Crippen molar-refractivity contribution in [2.75, 3.05) is 6.16 Å². The van der Waals surface area contributed by atoms with E-state index in [0.29, 0.717) is 30.6 Å². The van der Waals surface area contributed by atoms with Gasteiger partial charge < -0.3 is 0 Å². The number of nitrogens with zero attached hydrogens (tertiary/aromatic N) is 3. The van der Waals surface area contributed by atoms with Crippen LogP contribution >= 0.6 is 18.2 Å². The zero-order valence-electron chi connectivity index (χ0n) is 14.4. The van der Waals surface area contributed by atoms with E-state index in [1.807, 2.05) is 0 Å². The van der Waals surface area contributed by atoms with Crippen molar-refractivity contribution in [2.24, 2.45) is 0 Å². The summed E-state index contributed by atoms with van der Waals surface area (Å²) in [6.07, 6.45) is 1.32. The molecule has 0 saturated carbocycles. The van der Waals surface area contributed by atoms with Crippen LogP contribution in [0.1, 0.15) is 61.8 Å². The molecule has 0 bridgehead atoms. The monoisotopic (exact) mass is 321 g/mol. The molecule has 0 unspecified atom stereocenters. The molecule has 0 heterocycles. The summed E-state index contributed by atoms with van der Waals surface area (Å²) in [7, 11) is 0. The van der Waals surface area contributed by atoms with Gasteiger partial charge in [-0.15, -0.1) is 0 Å². The SMILES string of the molecule is CC(C)N(C(C)C)[PH](Cl)(CCC#N)N(C(C)C)C(C)C. The van der Waals surface area contributed by atoms with Crippen LogP contribution in [-0.2, 0) is 0 Å². The van der Waals surface area contributed by atoms with Crippen molar-refractivity contribution in [3.63, 3.8) is 0 Å². The molecule has 0 aromatic rings. The van der Waals surface area contributed by atoms with Crippen molar-refractivity contribution in [3.8, 4) is 6.07 Å². The van der Waals surface area contributed by atoms with Crippen LogP contribution in [0.25, 0.3) is 0 Å². The Morgan fingerprint density at radius 2 is 1.15 bits per heavy atom. The number of rotatable bonds is 8. The Kier molecular flexibility index (Phi) is 8.60. The van der Waals surface area contributed by atoms with Gasteiger partial charge in [-0.2, -0.15) is 0 Å². The molecule has 0 aliphatic carbocycles. The summed E-state index contributed by atoms with van der Waals surface area (Å²) in [4.78, 5) is 0. The minimum absolute atomic E-state index is 0.387. The summed E-state index contributed by atoms with van der Waals surface area (Å²) in [5.74, 6) is 0. The molecule has 0 N–H and O–H groups in total. The molecule has 0 rings (SSSR count). The van der Waals surface area contributed by atoms with Crippen molar-refractivity contribution in [1.29, 1.82) is 5.26 Å². The second-order valence-electron chi connectivity index (χ2n) is 6.57. The molecule has 0 radical (unpaired) electrons. The molecule has 0 saturated heterocycles. The molecule has 3 nitrogen and oxygen atoms in total. The van der Waals surface area contributed by atoms with Crippen molar-refractivity contribution in [3.05, 3.63) is 0 Å². The molecule has 0 fully saturated rings. The Hall–Kier alpha value is 0.130. The molecule has 0 spiro atoms. The predicted octanol–water partition coefficient (Wildman–Crippen LogP) is 4.87. The second-order valence-corrected chi connectivity index (χ2v) is 11.4. The van der Waals surface area contributed by atoms with E-state index >= 15 is 0 Å². The van der Waals surface area contributed by atoms with Gasteiger partial charge in [0.2, 0.25) is 0 Å². The van der Waals surface area contributed by atoms with Gasteiger partial charge in [-0.05, 0) is 0 Å². The van der Waals surface area contributed by atoms with E-state index < -0.39 is 6.92 Å². The van der Waals surface area contributed by atoms with Crippen molar-refractivity contribution >= 4 is 18.2 Å².